The number of anilines is 1. The molecular weight excluding hydrogens is 677 g/mol. The summed E-state index contributed by atoms with van der Waals surface area (Å²) in [7, 11) is -3.82. The van der Waals surface area contributed by atoms with E-state index in [2.05, 4.69) is 21.9 Å². The highest BCUT2D eigenvalue weighted by Gasteiger charge is 2.30. The highest BCUT2D eigenvalue weighted by atomic mass is 31.2. The van der Waals surface area contributed by atoms with Crippen LogP contribution in [0.4, 0.5) is 5.82 Å². The molecule has 2 unspecified atom stereocenters. The fourth-order valence-electron chi connectivity index (χ4n) is 6.42. The Hall–Kier alpha value is -3.08. The summed E-state index contributed by atoms with van der Waals surface area (Å²) in [6.45, 7) is 3.47. The van der Waals surface area contributed by atoms with Gasteiger partial charge in [-0.1, -0.05) is 140 Å². The third kappa shape index (κ3) is 14.7. The van der Waals surface area contributed by atoms with Gasteiger partial charge in [0.25, 0.3) is 0 Å². The Labute approximate surface area is 310 Å². The zero-order valence-corrected chi connectivity index (χ0v) is 32.2. The molecule has 0 saturated heterocycles. The monoisotopic (exact) mass is 739 g/mol. The third-order valence-corrected chi connectivity index (χ3v) is 10.9. The van der Waals surface area contributed by atoms with E-state index in [-0.39, 0.29) is 31.8 Å². The number of aliphatic hydroxyl groups excluding tert-OH is 1. The van der Waals surface area contributed by atoms with E-state index in [4.69, 9.17) is 24.3 Å². The molecule has 0 fully saturated rings. The second-order valence-electron chi connectivity index (χ2n) is 13.7. The van der Waals surface area contributed by atoms with E-state index < -0.39 is 13.7 Å². The van der Waals surface area contributed by atoms with Gasteiger partial charge in [0.2, 0.25) is 0 Å². The molecule has 3 N–H and O–H groups in total. The first-order chi connectivity index (χ1) is 25.5. The molecule has 0 saturated carbocycles. The van der Waals surface area contributed by atoms with Gasteiger partial charge in [-0.25, -0.2) is 19.5 Å². The van der Waals surface area contributed by atoms with E-state index in [0.29, 0.717) is 36.7 Å². The topological polar surface area (TPSA) is 144 Å². The van der Waals surface area contributed by atoms with Gasteiger partial charge in [-0.05, 0) is 24.3 Å². The van der Waals surface area contributed by atoms with Crippen LogP contribution >= 0.6 is 7.60 Å². The van der Waals surface area contributed by atoms with Crippen molar-refractivity contribution < 1.29 is 28.2 Å². The number of ether oxygens (including phenoxy) is 2. The summed E-state index contributed by atoms with van der Waals surface area (Å²) in [6, 6.07) is 13.4. The number of aliphatic hydroxyl groups is 1. The maximum atomic E-state index is 14.2. The van der Waals surface area contributed by atoms with Crippen molar-refractivity contribution in [3.63, 3.8) is 0 Å². The van der Waals surface area contributed by atoms with Crippen LogP contribution in [0.1, 0.15) is 116 Å². The van der Waals surface area contributed by atoms with Crippen molar-refractivity contribution in [2.45, 2.75) is 129 Å². The Kier molecular flexibility index (Phi) is 19.5. The average molecular weight is 740 g/mol. The minimum absolute atomic E-state index is 0.0945. The molecule has 0 aliphatic carbocycles. The largest absolute Gasteiger partial charge is 0.422 e. The lowest BCUT2D eigenvalue weighted by Crippen LogP contribution is -2.23. The van der Waals surface area contributed by atoms with E-state index in [1.165, 1.54) is 96.2 Å². The van der Waals surface area contributed by atoms with E-state index in [0.717, 1.165) is 23.6 Å². The van der Waals surface area contributed by atoms with Crippen LogP contribution in [-0.2, 0) is 25.1 Å². The molecule has 0 radical (unpaired) electrons. The minimum atomic E-state index is -3.82. The van der Waals surface area contributed by atoms with Crippen LogP contribution in [0.15, 0.2) is 55.1 Å². The predicted molar refractivity (Wildman–Crippen MR) is 210 cm³/mol. The fraction of sp³-hybridized carbons (Fsp3) is 0.625. The summed E-state index contributed by atoms with van der Waals surface area (Å²) in [5, 5.41) is 11.6. The number of rotatable bonds is 30. The number of benzene rings is 2. The SMILES string of the molecule is CCCCCCCCCCCCCCCCCCOCCOP(=O)(COC(CCO)Cn1cnc2c(N)ncnc21)Oc1cccc2ccccc12. The Balaban J connectivity index is 1.17. The summed E-state index contributed by atoms with van der Waals surface area (Å²) >= 11 is 0. The maximum absolute atomic E-state index is 14.2. The van der Waals surface area contributed by atoms with Gasteiger partial charge in [-0.2, -0.15) is 0 Å². The Morgan fingerprint density at radius 1 is 0.788 bits per heavy atom. The summed E-state index contributed by atoms with van der Waals surface area (Å²) in [6.07, 6.45) is 23.7. The van der Waals surface area contributed by atoms with E-state index >= 15 is 0 Å². The first-order valence-corrected chi connectivity index (χ1v) is 21.4. The standard InChI is InChI=1S/C40H62N5O6P/c1-2-3-4-5-6-7-8-9-10-11-12-13-14-15-16-19-27-48-28-29-50-52(47,51-37-24-20-22-34-21-17-18-23-36(34)37)33-49-35(25-26-46)30-45-32-44-38-39(41)42-31-43-40(38)45/h17-18,20-24,31-32,35,46H,2-16,19,25-30,33H2,1H3,(H2,41,42,43). The second-order valence-corrected chi connectivity index (χ2v) is 15.6. The molecule has 288 valence electrons. The van der Waals surface area contributed by atoms with Crippen molar-refractivity contribution in [2.24, 2.45) is 0 Å². The number of nitrogen functional groups attached to an aromatic ring is 1. The molecule has 0 aliphatic rings. The molecule has 0 aliphatic heterocycles. The van der Waals surface area contributed by atoms with Gasteiger partial charge in [-0.3, -0.25) is 4.52 Å². The number of nitrogens with two attached hydrogens (primary N) is 1. The molecule has 2 aromatic carbocycles. The molecule has 52 heavy (non-hydrogen) atoms. The molecule has 2 aromatic heterocycles. The van der Waals surface area contributed by atoms with Crippen LogP contribution in [0.25, 0.3) is 21.9 Å². The minimum Gasteiger partial charge on any atom is -0.422 e. The molecule has 0 amide bonds. The van der Waals surface area contributed by atoms with Gasteiger partial charge in [0.15, 0.2) is 17.8 Å². The summed E-state index contributed by atoms with van der Waals surface area (Å²) in [5.74, 6) is 0.729. The van der Waals surface area contributed by atoms with Crippen LogP contribution in [0.2, 0.25) is 0 Å². The number of nitrogens with zero attached hydrogens (tertiary/aromatic N) is 4. The van der Waals surface area contributed by atoms with E-state index in [1.54, 1.807) is 17.0 Å². The van der Waals surface area contributed by atoms with Gasteiger partial charge in [0.1, 0.15) is 17.6 Å². The van der Waals surface area contributed by atoms with Crippen LogP contribution in [0.3, 0.4) is 0 Å². The Morgan fingerprint density at radius 3 is 2.13 bits per heavy atom. The van der Waals surface area contributed by atoms with Crippen molar-refractivity contribution in [1.29, 1.82) is 0 Å². The van der Waals surface area contributed by atoms with Crippen LogP contribution in [0.5, 0.6) is 5.75 Å². The molecule has 4 rings (SSSR count). The first-order valence-electron chi connectivity index (χ1n) is 19.7. The summed E-state index contributed by atoms with van der Waals surface area (Å²) < 4.78 is 40.1. The lowest BCUT2D eigenvalue weighted by molar-refractivity contribution is 0.0379. The fourth-order valence-corrected chi connectivity index (χ4v) is 7.81. The van der Waals surface area contributed by atoms with Crippen LogP contribution in [-0.4, -0.2) is 63.5 Å². The van der Waals surface area contributed by atoms with Gasteiger partial charge in [0.05, 0.1) is 32.2 Å². The summed E-state index contributed by atoms with van der Waals surface area (Å²) in [5.41, 5.74) is 6.99. The second kappa shape index (κ2) is 24.3. The molecule has 2 atom stereocenters. The highest BCUT2D eigenvalue weighted by Crippen LogP contribution is 2.50. The van der Waals surface area contributed by atoms with Crippen LogP contribution in [0, 0.1) is 0 Å². The molecular formula is C40H62N5O6P. The van der Waals surface area contributed by atoms with Gasteiger partial charge < -0.3 is 29.4 Å². The smallest absolute Gasteiger partial charge is 0.404 e. The van der Waals surface area contributed by atoms with Crippen molar-refractivity contribution >= 4 is 35.3 Å². The number of unbranched alkanes of at least 4 members (excludes halogenated alkanes) is 15. The van der Waals surface area contributed by atoms with Crippen molar-refractivity contribution in [1.82, 2.24) is 19.5 Å². The van der Waals surface area contributed by atoms with Gasteiger partial charge >= 0.3 is 7.60 Å². The number of hydrogen-bond acceptors (Lipinski definition) is 10. The zero-order valence-electron chi connectivity index (χ0n) is 31.3. The first kappa shape index (κ1) is 41.7. The van der Waals surface area contributed by atoms with Crippen molar-refractivity contribution in [2.75, 3.05) is 38.5 Å². The third-order valence-electron chi connectivity index (χ3n) is 9.39. The van der Waals surface area contributed by atoms with Crippen LogP contribution < -0.4 is 10.3 Å². The maximum Gasteiger partial charge on any atom is 0.404 e. The number of fused-ring (bicyclic) bond motifs is 2. The number of imidazole rings is 1. The van der Waals surface area contributed by atoms with Gasteiger partial charge in [-0.15, -0.1) is 0 Å². The van der Waals surface area contributed by atoms with Gasteiger partial charge in [0, 0.05) is 18.6 Å². The molecule has 4 aromatic rings. The zero-order chi connectivity index (χ0) is 36.7. The van der Waals surface area contributed by atoms with E-state index in [9.17, 15) is 9.67 Å². The molecule has 2 heterocycles. The molecule has 12 heteroatoms. The van der Waals surface area contributed by atoms with E-state index in [1.807, 2.05) is 36.4 Å². The molecule has 11 nitrogen and oxygen atoms in total. The van der Waals surface area contributed by atoms with Crippen molar-refractivity contribution in [3.05, 3.63) is 55.1 Å². The Morgan fingerprint density at radius 2 is 1.44 bits per heavy atom. The normalized spacial score (nSPS) is 13.5. The highest BCUT2D eigenvalue weighted by molar-refractivity contribution is 7.54. The lowest BCUT2D eigenvalue weighted by Gasteiger charge is -2.24. The molecule has 0 bridgehead atoms. The molecule has 0 spiro atoms. The average Bonchev–Trinajstić information content (AvgIpc) is 3.57. The predicted octanol–water partition coefficient (Wildman–Crippen LogP) is 9.85. The Bertz CT molecular complexity index is 1600. The quantitative estimate of drug-likeness (QED) is 0.0392. The lowest BCUT2D eigenvalue weighted by atomic mass is 10.0. The van der Waals surface area contributed by atoms with Crippen molar-refractivity contribution in [3.8, 4) is 5.75 Å². The number of hydrogen-bond donors (Lipinski definition) is 2. The summed E-state index contributed by atoms with van der Waals surface area (Å²) in [4.78, 5) is 12.6. The number of aromatic nitrogens is 4.